The predicted octanol–water partition coefficient (Wildman–Crippen LogP) is 0.680. The zero-order chi connectivity index (χ0) is 14.5. The van der Waals surface area contributed by atoms with Crippen LogP contribution in [0, 0.1) is 11.8 Å². The molecule has 0 aromatic heterocycles. The molecule has 0 unspecified atom stereocenters. The van der Waals surface area contributed by atoms with Gasteiger partial charge in [-0.15, -0.1) is 11.6 Å². The van der Waals surface area contributed by atoms with Crippen LogP contribution in [0.5, 0.6) is 0 Å². The SMILES string of the molecule is CNC(=O)O[C@@H]1OC=C(C(=O)O)[C@H]2C[C@@H]3O[C@]3(CCl)[C@H]12. The van der Waals surface area contributed by atoms with Crippen LogP contribution in [-0.2, 0) is 19.0 Å². The monoisotopic (exact) mass is 303 g/mol. The summed E-state index contributed by atoms with van der Waals surface area (Å²) in [6.07, 6.45) is 0.0651. The third kappa shape index (κ3) is 1.76. The summed E-state index contributed by atoms with van der Waals surface area (Å²) in [7, 11) is 1.43. The van der Waals surface area contributed by atoms with Crippen LogP contribution in [0.15, 0.2) is 11.8 Å². The average Bonchev–Trinajstić information content (AvgIpc) is 3.04. The van der Waals surface area contributed by atoms with Crippen molar-refractivity contribution in [2.24, 2.45) is 11.8 Å². The maximum Gasteiger partial charge on any atom is 0.409 e. The molecule has 20 heavy (non-hydrogen) atoms. The van der Waals surface area contributed by atoms with E-state index in [2.05, 4.69) is 5.32 Å². The Labute approximate surface area is 119 Å². The van der Waals surface area contributed by atoms with Crippen LogP contribution in [0.25, 0.3) is 0 Å². The van der Waals surface area contributed by atoms with Crippen LogP contribution < -0.4 is 5.32 Å². The largest absolute Gasteiger partial charge is 0.478 e. The van der Waals surface area contributed by atoms with Crippen molar-refractivity contribution in [2.75, 3.05) is 12.9 Å². The van der Waals surface area contributed by atoms with Crippen molar-refractivity contribution < 1.29 is 28.9 Å². The molecular formula is C12H14ClNO6. The number of carboxylic acids is 1. The Bertz CT molecular complexity index is 490. The van der Waals surface area contributed by atoms with Gasteiger partial charge in [-0.3, -0.25) is 0 Å². The highest BCUT2D eigenvalue weighted by atomic mass is 35.5. The number of carbonyl (C=O) groups excluding carboxylic acids is 1. The highest BCUT2D eigenvalue weighted by Crippen LogP contribution is 2.61. The lowest BCUT2D eigenvalue weighted by atomic mass is 9.82. The van der Waals surface area contributed by atoms with E-state index < -0.39 is 29.9 Å². The molecule has 2 heterocycles. The van der Waals surface area contributed by atoms with Gasteiger partial charge >= 0.3 is 12.1 Å². The van der Waals surface area contributed by atoms with Gasteiger partial charge in [-0.2, -0.15) is 0 Å². The number of fused-ring (bicyclic) bond motifs is 3. The van der Waals surface area contributed by atoms with Crippen LogP contribution >= 0.6 is 11.6 Å². The molecule has 110 valence electrons. The summed E-state index contributed by atoms with van der Waals surface area (Å²) >= 11 is 5.97. The summed E-state index contributed by atoms with van der Waals surface area (Å²) in [4.78, 5) is 22.6. The lowest BCUT2D eigenvalue weighted by Crippen LogP contribution is -2.46. The van der Waals surface area contributed by atoms with Gasteiger partial charge in [0.25, 0.3) is 6.29 Å². The minimum Gasteiger partial charge on any atom is -0.478 e. The van der Waals surface area contributed by atoms with Crippen molar-refractivity contribution in [1.82, 2.24) is 5.32 Å². The van der Waals surface area contributed by atoms with E-state index >= 15 is 0 Å². The first kappa shape index (κ1) is 13.5. The quantitative estimate of drug-likeness (QED) is 0.588. The fourth-order valence-electron chi connectivity index (χ4n) is 3.22. The van der Waals surface area contributed by atoms with Crippen LogP contribution in [-0.4, -0.2) is 48.1 Å². The summed E-state index contributed by atoms with van der Waals surface area (Å²) < 4.78 is 16.0. The van der Waals surface area contributed by atoms with Gasteiger partial charge < -0.3 is 24.6 Å². The summed E-state index contributed by atoms with van der Waals surface area (Å²) in [6.45, 7) is 0. The predicted molar refractivity (Wildman–Crippen MR) is 66.1 cm³/mol. The van der Waals surface area contributed by atoms with Crippen LogP contribution in [0.2, 0.25) is 0 Å². The third-order valence-electron chi connectivity index (χ3n) is 4.22. The minimum atomic E-state index is -1.04. The summed E-state index contributed by atoms with van der Waals surface area (Å²) in [6, 6.07) is 0. The Hall–Kier alpha value is -1.47. The number of alkyl halides is 1. The molecule has 2 fully saturated rings. The zero-order valence-corrected chi connectivity index (χ0v) is 11.4. The number of nitrogens with one attached hydrogen (secondary N) is 1. The van der Waals surface area contributed by atoms with E-state index in [0.717, 1.165) is 6.26 Å². The van der Waals surface area contributed by atoms with E-state index in [9.17, 15) is 14.7 Å². The fourth-order valence-corrected chi connectivity index (χ4v) is 3.64. The molecule has 1 saturated carbocycles. The maximum absolute atomic E-state index is 11.4. The van der Waals surface area contributed by atoms with Crippen molar-refractivity contribution in [3.05, 3.63) is 11.8 Å². The number of carboxylic acid groups (broad SMARTS) is 1. The molecule has 3 aliphatic rings. The molecule has 2 N–H and O–H groups in total. The van der Waals surface area contributed by atoms with Crippen molar-refractivity contribution in [2.45, 2.75) is 24.4 Å². The standard InChI is InChI=1S/C12H14ClNO6/c1-14-11(17)19-10-8-5(6(3-18-10)9(15)16)2-7-12(8,4-13)20-7/h3,5,7-8,10H,2,4H2,1H3,(H,14,17)(H,15,16)/t5-,7+,8+,10+,12+/m1/s1. The van der Waals surface area contributed by atoms with Gasteiger partial charge in [-0.05, 0) is 6.42 Å². The Morgan fingerprint density at radius 2 is 2.40 bits per heavy atom. The average molecular weight is 304 g/mol. The van der Waals surface area contributed by atoms with E-state index in [1.165, 1.54) is 7.05 Å². The highest BCUT2D eigenvalue weighted by molar-refractivity contribution is 6.19. The van der Waals surface area contributed by atoms with Crippen molar-refractivity contribution >= 4 is 23.7 Å². The number of epoxide rings is 1. The number of halogens is 1. The molecule has 5 atom stereocenters. The molecule has 7 nitrogen and oxygen atoms in total. The summed E-state index contributed by atoms with van der Waals surface area (Å²) in [5, 5.41) is 11.5. The number of amides is 1. The van der Waals surface area contributed by atoms with Gasteiger partial charge in [0.05, 0.1) is 29.7 Å². The van der Waals surface area contributed by atoms with E-state index in [1.807, 2.05) is 0 Å². The van der Waals surface area contributed by atoms with Gasteiger partial charge in [0, 0.05) is 13.0 Å². The molecule has 1 amide bonds. The molecule has 1 aliphatic carbocycles. The zero-order valence-electron chi connectivity index (χ0n) is 10.7. The summed E-state index contributed by atoms with van der Waals surface area (Å²) in [5.41, 5.74) is -0.480. The van der Waals surface area contributed by atoms with Crippen LogP contribution in [0.4, 0.5) is 4.79 Å². The second kappa shape index (κ2) is 4.53. The molecule has 1 saturated heterocycles. The van der Waals surface area contributed by atoms with Crippen molar-refractivity contribution in [3.8, 4) is 0 Å². The van der Waals surface area contributed by atoms with E-state index in [1.54, 1.807) is 0 Å². The fraction of sp³-hybridized carbons (Fsp3) is 0.667. The van der Waals surface area contributed by atoms with E-state index in [-0.39, 0.29) is 23.5 Å². The lowest BCUT2D eigenvalue weighted by molar-refractivity contribution is -0.148. The first-order chi connectivity index (χ1) is 9.53. The Kier molecular flexibility index (Phi) is 3.06. The number of carbonyl (C=O) groups is 2. The molecule has 0 radical (unpaired) electrons. The van der Waals surface area contributed by atoms with Crippen LogP contribution in [0.3, 0.4) is 0 Å². The maximum atomic E-state index is 11.4. The van der Waals surface area contributed by atoms with E-state index in [4.69, 9.17) is 25.8 Å². The van der Waals surface area contributed by atoms with Gasteiger partial charge in [-0.25, -0.2) is 9.59 Å². The molecule has 0 aromatic rings. The first-order valence-corrected chi connectivity index (χ1v) is 6.78. The molecule has 3 rings (SSSR count). The highest BCUT2D eigenvalue weighted by Gasteiger charge is 2.73. The third-order valence-corrected chi connectivity index (χ3v) is 4.64. The number of ether oxygens (including phenoxy) is 3. The molecular weight excluding hydrogens is 290 g/mol. The normalized spacial score (nSPS) is 40.8. The molecule has 0 spiro atoms. The molecule has 8 heteroatoms. The summed E-state index contributed by atoms with van der Waals surface area (Å²) in [5.74, 6) is -1.51. The Balaban J connectivity index is 1.89. The lowest BCUT2D eigenvalue weighted by Gasteiger charge is -2.35. The first-order valence-electron chi connectivity index (χ1n) is 6.24. The second-order valence-corrected chi connectivity index (χ2v) is 5.37. The number of hydrogen-bond acceptors (Lipinski definition) is 5. The van der Waals surface area contributed by atoms with Crippen LogP contribution in [0.1, 0.15) is 6.42 Å². The second-order valence-electron chi connectivity index (χ2n) is 5.10. The molecule has 0 aromatic carbocycles. The number of alkyl carbamates (subject to hydrolysis) is 1. The molecule has 0 bridgehead atoms. The number of hydrogen-bond donors (Lipinski definition) is 2. The number of rotatable bonds is 3. The smallest absolute Gasteiger partial charge is 0.409 e. The number of aliphatic carboxylic acids is 1. The minimum absolute atomic E-state index is 0.102. The Morgan fingerprint density at radius 1 is 1.65 bits per heavy atom. The van der Waals surface area contributed by atoms with Crippen molar-refractivity contribution in [1.29, 1.82) is 0 Å². The van der Waals surface area contributed by atoms with Gasteiger partial charge in [0.15, 0.2) is 0 Å². The van der Waals surface area contributed by atoms with Crippen molar-refractivity contribution in [3.63, 3.8) is 0 Å². The Morgan fingerprint density at radius 3 is 3.00 bits per heavy atom. The topological polar surface area (TPSA) is 97.4 Å². The van der Waals surface area contributed by atoms with Gasteiger partial charge in [0.1, 0.15) is 5.60 Å². The molecule has 2 aliphatic heterocycles. The van der Waals surface area contributed by atoms with Gasteiger partial charge in [-0.1, -0.05) is 0 Å². The van der Waals surface area contributed by atoms with Gasteiger partial charge in [0.2, 0.25) is 0 Å². The van der Waals surface area contributed by atoms with E-state index in [0.29, 0.717) is 6.42 Å².